The number of rotatable bonds is 6. The third-order valence-electron chi connectivity index (χ3n) is 4.62. The lowest BCUT2D eigenvalue weighted by Gasteiger charge is -2.31. The number of carbonyl (C=O) groups is 2. The zero-order valence-corrected chi connectivity index (χ0v) is 17.4. The molecule has 1 aliphatic heterocycles. The van der Waals surface area contributed by atoms with Gasteiger partial charge in [0.2, 0.25) is 5.91 Å². The van der Waals surface area contributed by atoms with E-state index in [1.165, 1.54) is 20.4 Å². The first kappa shape index (κ1) is 20.6. The number of likely N-dealkylation sites (tertiary alicyclic amines) is 1. The van der Waals surface area contributed by atoms with Crippen LogP contribution in [-0.4, -0.2) is 56.6 Å². The molecule has 0 bridgehead atoms. The lowest BCUT2D eigenvalue weighted by Crippen LogP contribution is -2.45. The highest BCUT2D eigenvalue weighted by molar-refractivity contribution is 7.91. The van der Waals surface area contributed by atoms with Crippen molar-refractivity contribution in [2.45, 2.75) is 23.6 Å². The van der Waals surface area contributed by atoms with E-state index in [4.69, 9.17) is 4.42 Å². The summed E-state index contributed by atoms with van der Waals surface area (Å²) in [5.74, 6) is -0.367. The maximum Gasteiger partial charge on any atom is 0.289 e. The van der Waals surface area contributed by atoms with E-state index in [0.29, 0.717) is 19.5 Å². The van der Waals surface area contributed by atoms with Gasteiger partial charge in [0, 0.05) is 32.1 Å². The summed E-state index contributed by atoms with van der Waals surface area (Å²) in [6, 6.07) is 6.52. The van der Waals surface area contributed by atoms with E-state index in [-0.39, 0.29) is 34.2 Å². The summed E-state index contributed by atoms with van der Waals surface area (Å²) in [6.07, 6.45) is 2.90. The fourth-order valence-electron chi connectivity index (χ4n) is 3.02. The molecule has 2 aromatic rings. The minimum atomic E-state index is -3.47. The van der Waals surface area contributed by atoms with Crippen LogP contribution in [0.3, 0.4) is 0 Å². The van der Waals surface area contributed by atoms with Gasteiger partial charge in [0.15, 0.2) is 5.76 Å². The van der Waals surface area contributed by atoms with Crippen molar-refractivity contribution in [1.82, 2.24) is 14.5 Å². The Morgan fingerprint density at radius 2 is 2.11 bits per heavy atom. The number of furan rings is 1. The molecule has 1 N–H and O–H groups in total. The lowest BCUT2D eigenvalue weighted by molar-refractivity contribution is -0.126. The van der Waals surface area contributed by atoms with Crippen LogP contribution in [0.2, 0.25) is 0 Å². The predicted molar refractivity (Wildman–Crippen MR) is 104 cm³/mol. The fourth-order valence-corrected chi connectivity index (χ4v) is 5.49. The summed E-state index contributed by atoms with van der Waals surface area (Å²) >= 11 is 1.14. The molecule has 8 nitrogen and oxygen atoms in total. The van der Waals surface area contributed by atoms with Crippen molar-refractivity contribution < 1.29 is 22.4 Å². The largest absolute Gasteiger partial charge is 0.459 e. The molecule has 1 aliphatic rings. The Kier molecular flexibility index (Phi) is 6.21. The molecule has 1 unspecified atom stereocenters. The second-order valence-corrected chi connectivity index (χ2v) is 10.3. The monoisotopic (exact) mass is 425 g/mol. The fraction of sp³-hybridized carbons (Fsp3) is 0.444. The van der Waals surface area contributed by atoms with E-state index < -0.39 is 10.0 Å². The number of nitrogens with one attached hydrogen (secondary N) is 1. The van der Waals surface area contributed by atoms with Gasteiger partial charge < -0.3 is 14.6 Å². The first-order valence-electron chi connectivity index (χ1n) is 8.91. The third-order valence-corrected chi connectivity index (χ3v) is 7.99. The zero-order valence-electron chi connectivity index (χ0n) is 15.8. The Balaban J connectivity index is 1.56. The van der Waals surface area contributed by atoms with Crippen molar-refractivity contribution in [2.75, 3.05) is 27.2 Å². The molecule has 2 amide bonds. The molecule has 0 aromatic carbocycles. The highest BCUT2D eigenvalue weighted by atomic mass is 32.2. The van der Waals surface area contributed by atoms with Gasteiger partial charge in [-0.15, -0.1) is 11.3 Å². The topological polar surface area (TPSA) is 99.9 Å². The van der Waals surface area contributed by atoms with E-state index >= 15 is 0 Å². The molecular weight excluding hydrogens is 402 g/mol. The van der Waals surface area contributed by atoms with Gasteiger partial charge in [-0.2, -0.15) is 0 Å². The summed E-state index contributed by atoms with van der Waals surface area (Å²) in [7, 11) is -0.504. The number of piperidine rings is 1. The Morgan fingerprint density at radius 1 is 1.32 bits per heavy atom. The number of hydrogen-bond acceptors (Lipinski definition) is 6. The van der Waals surface area contributed by atoms with Crippen LogP contribution in [0.1, 0.15) is 28.3 Å². The normalized spacial score (nSPS) is 17.7. The minimum absolute atomic E-state index is 0.137. The first-order chi connectivity index (χ1) is 13.3. The van der Waals surface area contributed by atoms with Crippen LogP contribution in [0.25, 0.3) is 0 Å². The van der Waals surface area contributed by atoms with Gasteiger partial charge in [-0.1, -0.05) is 0 Å². The van der Waals surface area contributed by atoms with Gasteiger partial charge in [0.25, 0.3) is 15.9 Å². The van der Waals surface area contributed by atoms with E-state index in [9.17, 15) is 18.0 Å². The number of hydrogen-bond donors (Lipinski definition) is 1. The van der Waals surface area contributed by atoms with Crippen molar-refractivity contribution in [2.24, 2.45) is 5.92 Å². The van der Waals surface area contributed by atoms with Gasteiger partial charge >= 0.3 is 0 Å². The Labute approximate surface area is 168 Å². The smallest absolute Gasteiger partial charge is 0.289 e. The molecule has 1 fully saturated rings. The molecular formula is C18H23N3O5S2. The van der Waals surface area contributed by atoms with Crippen molar-refractivity contribution in [3.05, 3.63) is 41.2 Å². The molecule has 28 heavy (non-hydrogen) atoms. The number of nitrogens with zero attached hydrogens (tertiary/aromatic N) is 2. The lowest BCUT2D eigenvalue weighted by atomic mass is 9.97. The van der Waals surface area contributed by atoms with Crippen molar-refractivity contribution in [3.63, 3.8) is 0 Å². The summed E-state index contributed by atoms with van der Waals surface area (Å²) in [6.45, 7) is 1.20. The van der Waals surface area contributed by atoms with Crippen LogP contribution in [-0.2, 0) is 21.4 Å². The summed E-state index contributed by atoms with van der Waals surface area (Å²) in [4.78, 5) is 27.3. The Bertz CT molecular complexity index is 934. The maximum atomic E-state index is 12.5. The van der Waals surface area contributed by atoms with Gasteiger partial charge in [-0.3, -0.25) is 9.59 Å². The molecule has 0 aliphatic carbocycles. The Hall–Kier alpha value is -2.17. The minimum Gasteiger partial charge on any atom is -0.459 e. The maximum absolute atomic E-state index is 12.5. The standard InChI is InChI=1S/C18H23N3O5S2/c1-20(2)28(24,25)16-8-7-14(27-16)11-19-17(22)13-5-3-9-21(12-13)18(23)15-6-4-10-26-15/h4,6-8,10,13H,3,5,9,11-12H2,1-2H3,(H,19,22). The summed E-state index contributed by atoms with van der Waals surface area (Å²) < 4.78 is 30.8. The van der Waals surface area contributed by atoms with E-state index in [2.05, 4.69) is 5.32 Å². The van der Waals surface area contributed by atoms with Gasteiger partial charge in [-0.05, 0) is 37.1 Å². The van der Waals surface area contributed by atoms with Crippen LogP contribution >= 0.6 is 11.3 Å². The second kappa shape index (κ2) is 8.46. The molecule has 0 spiro atoms. The average Bonchev–Trinajstić information content (AvgIpc) is 3.37. The van der Waals surface area contributed by atoms with Crippen LogP contribution < -0.4 is 5.32 Å². The van der Waals surface area contributed by atoms with Crippen molar-refractivity contribution in [1.29, 1.82) is 0 Å². The highest BCUT2D eigenvalue weighted by Crippen LogP contribution is 2.24. The van der Waals surface area contributed by atoms with Gasteiger partial charge in [0.05, 0.1) is 18.7 Å². The van der Waals surface area contributed by atoms with Gasteiger partial charge in [0.1, 0.15) is 4.21 Å². The molecule has 1 atom stereocenters. The summed E-state index contributed by atoms with van der Waals surface area (Å²) in [5.41, 5.74) is 0. The number of thiophene rings is 1. The molecule has 0 saturated carbocycles. The van der Waals surface area contributed by atoms with Crippen LogP contribution in [0, 0.1) is 5.92 Å². The highest BCUT2D eigenvalue weighted by Gasteiger charge is 2.30. The molecule has 2 aromatic heterocycles. The second-order valence-electron chi connectivity index (χ2n) is 6.79. The van der Waals surface area contributed by atoms with E-state index in [1.807, 2.05) is 0 Å². The number of sulfonamides is 1. The Morgan fingerprint density at radius 3 is 2.79 bits per heavy atom. The first-order valence-corrected chi connectivity index (χ1v) is 11.2. The van der Waals surface area contributed by atoms with Crippen LogP contribution in [0.4, 0.5) is 0 Å². The molecule has 10 heteroatoms. The predicted octanol–water partition coefficient (Wildman–Crippen LogP) is 1.76. The van der Waals surface area contributed by atoms with Crippen molar-refractivity contribution >= 4 is 33.2 Å². The summed E-state index contributed by atoms with van der Waals surface area (Å²) in [5, 5.41) is 2.86. The van der Waals surface area contributed by atoms with Gasteiger partial charge in [-0.25, -0.2) is 12.7 Å². The SMILES string of the molecule is CN(C)S(=O)(=O)c1ccc(CNC(=O)C2CCCN(C(=O)c3ccco3)C2)s1. The van der Waals surface area contributed by atoms with Crippen LogP contribution in [0.15, 0.2) is 39.2 Å². The average molecular weight is 426 g/mol. The number of carbonyl (C=O) groups excluding carboxylic acids is 2. The molecule has 152 valence electrons. The third kappa shape index (κ3) is 4.45. The molecule has 3 rings (SSSR count). The molecule has 1 saturated heterocycles. The molecule has 0 radical (unpaired) electrons. The van der Waals surface area contributed by atoms with E-state index in [0.717, 1.165) is 26.9 Å². The molecule has 3 heterocycles. The van der Waals surface area contributed by atoms with E-state index in [1.54, 1.807) is 29.2 Å². The quantitative estimate of drug-likeness (QED) is 0.760. The number of amides is 2. The zero-order chi connectivity index (χ0) is 20.3. The van der Waals surface area contributed by atoms with Crippen LogP contribution in [0.5, 0.6) is 0 Å². The van der Waals surface area contributed by atoms with Crippen molar-refractivity contribution in [3.8, 4) is 0 Å².